The quantitative estimate of drug-likeness (QED) is 0.506. The maximum atomic E-state index is 13.1. The fourth-order valence-corrected chi connectivity index (χ4v) is 3.15. The Kier molecular flexibility index (Phi) is 6.37. The van der Waals surface area contributed by atoms with Crippen LogP contribution in [0, 0.1) is 19.8 Å². The van der Waals surface area contributed by atoms with Gasteiger partial charge in [-0.25, -0.2) is 4.68 Å². The largest absolute Gasteiger partial charge is 0.416 e. The zero-order valence-corrected chi connectivity index (χ0v) is 18.0. The molecule has 0 radical (unpaired) electrons. The van der Waals surface area contributed by atoms with Crippen molar-refractivity contribution in [1.82, 2.24) is 19.7 Å². The molecule has 0 aliphatic carbocycles. The highest BCUT2D eigenvalue weighted by atomic mass is 19.4. The number of primary amides is 1. The summed E-state index contributed by atoms with van der Waals surface area (Å²) in [5.41, 5.74) is 6.41. The molecule has 0 spiro atoms. The molecule has 1 atom stereocenters. The molecule has 1 amide bonds. The van der Waals surface area contributed by atoms with Gasteiger partial charge in [0, 0.05) is 17.4 Å². The molecule has 2 heterocycles. The molecular weight excluding hydrogens is 423 g/mol. The number of hydrogen-bond donors (Lipinski definition) is 3. The zero-order chi connectivity index (χ0) is 23.6. The molecule has 0 bridgehead atoms. The lowest BCUT2D eigenvalue weighted by atomic mass is 10.0. The minimum atomic E-state index is -4.48. The zero-order valence-electron chi connectivity index (χ0n) is 18.0. The molecule has 0 saturated heterocycles. The number of nitrogens with one attached hydrogen (secondary N) is 2. The molecule has 1 aromatic carbocycles. The van der Waals surface area contributed by atoms with Crippen LogP contribution in [-0.4, -0.2) is 31.7 Å². The predicted octanol–water partition coefficient (Wildman–Crippen LogP) is 3.96. The molecule has 0 aliphatic heterocycles. The van der Waals surface area contributed by atoms with Crippen LogP contribution in [0.4, 0.5) is 30.5 Å². The number of halogens is 3. The van der Waals surface area contributed by atoms with Crippen LogP contribution >= 0.6 is 0 Å². The fraction of sp³-hybridized carbons (Fsp3) is 0.333. The highest BCUT2D eigenvalue weighted by Crippen LogP contribution is 2.31. The first-order valence-electron chi connectivity index (χ1n) is 9.87. The highest BCUT2D eigenvalue weighted by Gasteiger charge is 2.30. The number of anilines is 3. The van der Waals surface area contributed by atoms with Gasteiger partial charge < -0.3 is 16.4 Å². The maximum Gasteiger partial charge on any atom is 0.416 e. The second kappa shape index (κ2) is 8.85. The first-order chi connectivity index (χ1) is 14.9. The van der Waals surface area contributed by atoms with Gasteiger partial charge >= 0.3 is 6.18 Å². The van der Waals surface area contributed by atoms with E-state index in [1.165, 1.54) is 22.9 Å². The summed E-state index contributed by atoms with van der Waals surface area (Å²) in [6.07, 6.45) is -4.48. The van der Waals surface area contributed by atoms with E-state index >= 15 is 0 Å². The number of alkyl halides is 3. The predicted molar refractivity (Wildman–Crippen MR) is 115 cm³/mol. The third kappa shape index (κ3) is 5.34. The van der Waals surface area contributed by atoms with Gasteiger partial charge in [0.1, 0.15) is 17.7 Å². The average molecular weight is 447 g/mol. The number of rotatable bonds is 7. The third-order valence-electron chi connectivity index (χ3n) is 4.65. The van der Waals surface area contributed by atoms with Crippen molar-refractivity contribution in [3.8, 4) is 5.95 Å². The Morgan fingerprint density at radius 3 is 2.34 bits per heavy atom. The molecule has 0 aliphatic rings. The lowest BCUT2D eigenvalue weighted by Crippen LogP contribution is -2.39. The molecule has 0 unspecified atom stereocenters. The Hall–Kier alpha value is -3.63. The van der Waals surface area contributed by atoms with Gasteiger partial charge in [-0.15, -0.1) is 0 Å². The van der Waals surface area contributed by atoms with Crippen LogP contribution in [0.15, 0.2) is 36.4 Å². The van der Waals surface area contributed by atoms with Gasteiger partial charge in [-0.2, -0.15) is 28.2 Å². The second-order valence-electron chi connectivity index (χ2n) is 7.75. The van der Waals surface area contributed by atoms with Gasteiger partial charge in [-0.3, -0.25) is 4.79 Å². The van der Waals surface area contributed by atoms with E-state index in [-0.39, 0.29) is 29.2 Å². The van der Waals surface area contributed by atoms with E-state index in [2.05, 4.69) is 25.7 Å². The monoisotopic (exact) mass is 447 g/mol. The van der Waals surface area contributed by atoms with Crippen LogP contribution in [0.1, 0.15) is 30.8 Å². The normalized spacial score (nSPS) is 12.6. The lowest BCUT2D eigenvalue weighted by molar-refractivity contribution is -0.137. The van der Waals surface area contributed by atoms with E-state index in [0.29, 0.717) is 0 Å². The molecule has 4 N–H and O–H groups in total. The topological polar surface area (TPSA) is 111 Å². The van der Waals surface area contributed by atoms with Crippen LogP contribution in [0.2, 0.25) is 0 Å². The maximum absolute atomic E-state index is 13.1. The van der Waals surface area contributed by atoms with Crippen molar-refractivity contribution in [1.29, 1.82) is 0 Å². The number of nitrogens with zero attached hydrogens (tertiary/aromatic N) is 4. The van der Waals surface area contributed by atoms with Crippen molar-refractivity contribution in [3.63, 3.8) is 0 Å². The Balaban J connectivity index is 2.04. The molecule has 8 nitrogen and oxygen atoms in total. The summed E-state index contributed by atoms with van der Waals surface area (Å²) in [5.74, 6) is -0.00826. The fourth-order valence-electron chi connectivity index (χ4n) is 3.15. The van der Waals surface area contributed by atoms with Crippen LogP contribution in [0.5, 0.6) is 0 Å². The molecule has 32 heavy (non-hydrogen) atoms. The SMILES string of the molecule is Cc1cc(C)n(-c2nc(Nc3cccc(C(F)(F)F)c3)cc(N[C@@H](C(N)=O)C(C)C)n2)n1. The summed E-state index contributed by atoms with van der Waals surface area (Å²) in [7, 11) is 0. The molecule has 11 heteroatoms. The van der Waals surface area contributed by atoms with Crippen LogP contribution in [0.3, 0.4) is 0 Å². The van der Waals surface area contributed by atoms with E-state index in [4.69, 9.17) is 5.73 Å². The van der Waals surface area contributed by atoms with Crippen LogP contribution < -0.4 is 16.4 Å². The van der Waals surface area contributed by atoms with Gasteiger partial charge in [0.25, 0.3) is 5.95 Å². The van der Waals surface area contributed by atoms with Crippen LogP contribution in [0.25, 0.3) is 5.95 Å². The number of hydrogen-bond acceptors (Lipinski definition) is 6. The van der Waals surface area contributed by atoms with Crippen molar-refractivity contribution >= 4 is 23.2 Å². The molecule has 170 valence electrons. The number of aryl methyl sites for hydroxylation is 2. The minimum Gasteiger partial charge on any atom is -0.368 e. The first kappa shape index (κ1) is 23.0. The number of benzene rings is 1. The average Bonchev–Trinajstić information content (AvgIpc) is 3.03. The van der Waals surface area contributed by atoms with Gasteiger partial charge in [0.15, 0.2) is 0 Å². The van der Waals surface area contributed by atoms with Gasteiger partial charge in [-0.05, 0) is 44.0 Å². The first-order valence-corrected chi connectivity index (χ1v) is 9.87. The molecule has 2 aromatic heterocycles. The van der Waals surface area contributed by atoms with Crippen molar-refractivity contribution in [2.24, 2.45) is 11.7 Å². The van der Waals surface area contributed by atoms with Gasteiger partial charge in [0.2, 0.25) is 5.91 Å². The highest BCUT2D eigenvalue weighted by molar-refractivity contribution is 5.83. The second-order valence-corrected chi connectivity index (χ2v) is 7.75. The van der Waals surface area contributed by atoms with E-state index < -0.39 is 23.7 Å². The standard InChI is InChI=1S/C21H24F3N7O/c1-11(2)18(19(25)32)27-17-10-16(26-15-7-5-6-14(9-15)21(22,23)24)28-20(29-17)31-13(4)8-12(3)30-31/h5-11,18H,1-4H3,(H2,25,32)(H2,26,27,28,29)/t18-/m1/s1. The van der Waals surface area contributed by atoms with Crippen molar-refractivity contribution in [3.05, 3.63) is 53.3 Å². The molecule has 0 fully saturated rings. The number of aromatic nitrogens is 4. The summed E-state index contributed by atoms with van der Waals surface area (Å²) < 4.78 is 40.7. The molecular formula is C21H24F3N7O. The summed E-state index contributed by atoms with van der Waals surface area (Å²) >= 11 is 0. The number of amides is 1. The van der Waals surface area contributed by atoms with E-state index in [1.807, 2.05) is 33.8 Å². The van der Waals surface area contributed by atoms with Crippen molar-refractivity contribution < 1.29 is 18.0 Å². The molecule has 0 saturated carbocycles. The summed E-state index contributed by atoms with van der Waals surface area (Å²) in [6, 6.07) is 7.39. The Bertz CT molecular complexity index is 1120. The third-order valence-corrected chi connectivity index (χ3v) is 4.65. The Labute approximate surface area is 183 Å². The summed E-state index contributed by atoms with van der Waals surface area (Å²) in [5, 5.41) is 10.2. The summed E-state index contributed by atoms with van der Waals surface area (Å²) in [6.45, 7) is 7.29. The summed E-state index contributed by atoms with van der Waals surface area (Å²) in [4.78, 5) is 20.7. The van der Waals surface area contributed by atoms with Crippen molar-refractivity contribution in [2.45, 2.75) is 39.9 Å². The van der Waals surface area contributed by atoms with Gasteiger partial charge in [-0.1, -0.05) is 19.9 Å². The van der Waals surface area contributed by atoms with E-state index in [1.54, 1.807) is 0 Å². The minimum absolute atomic E-state index is 0.125. The smallest absolute Gasteiger partial charge is 0.368 e. The van der Waals surface area contributed by atoms with Crippen molar-refractivity contribution in [2.75, 3.05) is 10.6 Å². The van der Waals surface area contributed by atoms with Gasteiger partial charge in [0.05, 0.1) is 11.3 Å². The Morgan fingerprint density at radius 2 is 1.78 bits per heavy atom. The molecule has 3 rings (SSSR count). The lowest BCUT2D eigenvalue weighted by Gasteiger charge is -2.20. The number of carbonyl (C=O) groups is 1. The Morgan fingerprint density at radius 1 is 1.09 bits per heavy atom. The van der Waals surface area contributed by atoms with E-state index in [9.17, 15) is 18.0 Å². The number of nitrogens with two attached hydrogens (primary N) is 1. The molecule has 3 aromatic rings. The number of carbonyl (C=O) groups excluding carboxylic acids is 1. The van der Waals surface area contributed by atoms with E-state index in [0.717, 1.165) is 23.5 Å². The van der Waals surface area contributed by atoms with Crippen LogP contribution in [-0.2, 0) is 11.0 Å².